The highest BCUT2D eigenvalue weighted by molar-refractivity contribution is 5.96. The van der Waals surface area contributed by atoms with Crippen molar-refractivity contribution in [1.29, 1.82) is 0 Å². The Balaban J connectivity index is 1.79. The van der Waals surface area contributed by atoms with Gasteiger partial charge in [0.15, 0.2) is 0 Å². The number of benzene rings is 1. The minimum Gasteiger partial charge on any atom is -0.399 e. The summed E-state index contributed by atoms with van der Waals surface area (Å²) in [5.41, 5.74) is 8.43. The molecule has 3 nitrogen and oxygen atoms in total. The Morgan fingerprint density at radius 1 is 1.29 bits per heavy atom. The average molecular weight is 294 g/mol. The van der Waals surface area contributed by atoms with Crippen molar-refractivity contribution in [3.8, 4) is 0 Å². The molecule has 0 bridgehead atoms. The molecule has 0 aromatic heterocycles. The van der Waals surface area contributed by atoms with Gasteiger partial charge in [-0.1, -0.05) is 6.07 Å². The summed E-state index contributed by atoms with van der Waals surface area (Å²) in [7, 11) is 0. The Labute approximate surface area is 123 Å². The molecule has 1 aromatic carbocycles. The lowest BCUT2D eigenvalue weighted by atomic mass is 9.85. The van der Waals surface area contributed by atoms with Crippen molar-refractivity contribution in [3.63, 3.8) is 0 Å². The molecule has 1 saturated carbocycles. The van der Waals surface area contributed by atoms with Crippen LogP contribution in [0.2, 0.25) is 0 Å². The summed E-state index contributed by atoms with van der Waals surface area (Å²) < 4.78 is 26.5. The number of nitrogen functional groups attached to an aromatic ring is 1. The van der Waals surface area contributed by atoms with Crippen LogP contribution in [0, 0.1) is 5.92 Å². The lowest BCUT2D eigenvalue weighted by Gasteiger charge is -2.35. The van der Waals surface area contributed by atoms with E-state index in [9.17, 15) is 13.6 Å². The highest BCUT2D eigenvalue weighted by Gasteiger charge is 2.39. The van der Waals surface area contributed by atoms with Crippen LogP contribution in [-0.4, -0.2) is 18.4 Å². The summed E-state index contributed by atoms with van der Waals surface area (Å²) in [4.78, 5) is 14.4. The Bertz CT molecular complexity index is 549. The van der Waals surface area contributed by atoms with Gasteiger partial charge >= 0.3 is 0 Å². The van der Waals surface area contributed by atoms with E-state index in [2.05, 4.69) is 0 Å². The predicted molar refractivity (Wildman–Crippen MR) is 78.4 cm³/mol. The molecule has 0 spiro atoms. The molecule has 21 heavy (non-hydrogen) atoms. The van der Waals surface area contributed by atoms with E-state index in [-0.39, 0.29) is 37.5 Å². The van der Waals surface area contributed by atoms with Gasteiger partial charge in [-0.3, -0.25) is 4.79 Å². The second-order valence-corrected chi connectivity index (χ2v) is 6.11. The number of nitrogens with zero attached hydrogens (tertiary/aromatic N) is 1. The topological polar surface area (TPSA) is 46.3 Å². The maximum atomic E-state index is 13.2. The fourth-order valence-corrected chi connectivity index (χ4v) is 3.33. The maximum absolute atomic E-state index is 13.2. The minimum absolute atomic E-state index is 0.0166. The van der Waals surface area contributed by atoms with Gasteiger partial charge in [0.2, 0.25) is 11.8 Å². The van der Waals surface area contributed by atoms with Crippen LogP contribution in [0.4, 0.5) is 20.2 Å². The molecule has 0 saturated heterocycles. The van der Waals surface area contributed by atoms with E-state index in [1.165, 1.54) is 0 Å². The van der Waals surface area contributed by atoms with Crippen LogP contribution in [0.3, 0.4) is 0 Å². The van der Waals surface area contributed by atoms with Crippen LogP contribution in [-0.2, 0) is 11.2 Å². The van der Waals surface area contributed by atoms with Crippen LogP contribution in [0.5, 0.6) is 0 Å². The minimum atomic E-state index is -2.60. The number of halogens is 2. The van der Waals surface area contributed by atoms with Crippen molar-refractivity contribution in [2.45, 2.75) is 44.4 Å². The van der Waals surface area contributed by atoms with Gasteiger partial charge in [0.25, 0.3) is 0 Å². The van der Waals surface area contributed by atoms with E-state index in [0.29, 0.717) is 12.2 Å². The third-order valence-electron chi connectivity index (χ3n) is 4.56. The Kier molecular flexibility index (Phi) is 3.59. The van der Waals surface area contributed by atoms with E-state index in [1.807, 2.05) is 18.2 Å². The predicted octanol–water partition coefficient (Wildman–Crippen LogP) is 3.37. The zero-order valence-corrected chi connectivity index (χ0v) is 11.9. The van der Waals surface area contributed by atoms with Crippen LogP contribution in [0.25, 0.3) is 0 Å². The first kappa shape index (κ1) is 14.3. The molecule has 5 heteroatoms. The number of carbonyl (C=O) groups excluding carboxylic acids is 1. The Morgan fingerprint density at radius 2 is 2.00 bits per heavy atom. The van der Waals surface area contributed by atoms with E-state index in [1.54, 1.807) is 4.90 Å². The van der Waals surface area contributed by atoms with Gasteiger partial charge in [0.05, 0.1) is 0 Å². The third-order valence-corrected chi connectivity index (χ3v) is 4.56. The number of aryl methyl sites for hydroxylation is 1. The number of fused-ring (bicyclic) bond motifs is 1. The van der Waals surface area contributed by atoms with Gasteiger partial charge in [-0.15, -0.1) is 0 Å². The summed E-state index contributed by atoms with van der Waals surface area (Å²) in [6.45, 7) is 0.655. The van der Waals surface area contributed by atoms with Gasteiger partial charge in [0.1, 0.15) is 0 Å². The van der Waals surface area contributed by atoms with Crippen molar-refractivity contribution in [2.24, 2.45) is 5.92 Å². The average Bonchev–Trinajstić information content (AvgIpc) is 2.46. The van der Waals surface area contributed by atoms with Gasteiger partial charge < -0.3 is 10.6 Å². The molecular formula is C16H20F2N2O. The zero-order chi connectivity index (χ0) is 15.0. The highest BCUT2D eigenvalue weighted by Crippen LogP contribution is 2.38. The fourth-order valence-electron chi connectivity index (χ4n) is 3.33. The maximum Gasteiger partial charge on any atom is 0.248 e. The third kappa shape index (κ3) is 2.87. The molecule has 1 aliphatic heterocycles. The first-order valence-corrected chi connectivity index (χ1v) is 7.54. The lowest BCUT2D eigenvalue weighted by Crippen LogP contribution is -2.42. The standard InChI is InChI=1S/C16H20F2N2O/c17-16(18)7-5-12(6-8-16)15(21)20-9-1-2-11-3-4-13(19)10-14(11)20/h3-4,10,12H,1-2,5-9,19H2. The van der Waals surface area contributed by atoms with E-state index in [4.69, 9.17) is 5.73 Å². The van der Waals surface area contributed by atoms with Gasteiger partial charge in [0, 0.05) is 36.7 Å². The van der Waals surface area contributed by atoms with Crippen molar-refractivity contribution >= 4 is 17.3 Å². The molecule has 0 atom stereocenters. The van der Waals surface area contributed by atoms with Gasteiger partial charge in [-0.2, -0.15) is 0 Å². The molecular weight excluding hydrogens is 274 g/mol. The zero-order valence-electron chi connectivity index (χ0n) is 11.9. The number of anilines is 2. The van der Waals surface area contributed by atoms with Crippen LogP contribution < -0.4 is 10.6 Å². The molecule has 114 valence electrons. The molecule has 1 aliphatic carbocycles. The SMILES string of the molecule is Nc1ccc2c(c1)N(C(=O)C1CCC(F)(F)CC1)CCC2. The van der Waals surface area contributed by atoms with Crippen LogP contribution >= 0.6 is 0 Å². The quantitative estimate of drug-likeness (QED) is 0.807. The number of nitrogens with two attached hydrogens (primary N) is 1. The number of hydrogen-bond acceptors (Lipinski definition) is 2. The molecule has 2 N–H and O–H groups in total. The Morgan fingerprint density at radius 3 is 2.71 bits per heavy atom. The number of alkyl halides is 2. The summed E-state index contributed by atoms with van der Waals surface area (Å²) in [5, 5.41) is 0. The summed E-state index contributed by atoms with van der Waals surface area (Å²) >= 11 is 0. The molecule has 1 amide bonds. The smallest absolute Gasteiger partial charge is 0.248 e. The van der Waals surface area contributed by atoms with Gasteiger partial charge in [-0.25, -0.2) is 8.78 Å². The molecule has 0 unspecified atom stereocenters. The monoisotopic (exact) mass is 294 g/mol. The largest absolute Gasteiger partial charge is 0.399 e. The lowest BCUT2D eigenvalue weighted by molar-refractivity contribution is -0.126. The Hall–Kier alpha value is -1.65. The van der Waals surface area contributed by atoms with Gasteiger partial charge in [-0.05, 0) is 43.4 Å². The first-order chi connectivity index (χ1) is 9.96. The number of rotatable bonds is 1. The molecule has 3 rings (SSSR count). The molecule has 0 radical (unpaired) electrons. The van der Waals surface area contributed by atoms with E-state index >= 15 is 0 Å². The molecule has 1 aromatic rings. The van der Waals surface area contributed by atoms with Crippen molar-refractivity contribution in [3.05, 3.63) is 23.8 Å². The number of hydrogen-bond donors (Lipinski definition) is 1. The van der Waals surface area contributed by atoms with Crippen molar-refractivity contribution < 1.29 is 13.6 Å². The van der Waals surface area contributed by atoms with Crippen LogP contribution in [0.1, 0.15) is 37.7 Å². The fraction of sp³-hybridized carbons (Fsp3) is 0.562. The first-order valence-electron chi connectivity index (χ1n) is 7.54. The highest BCUT2D eigenvalue weighted by atomic mass is 19.3. The molecule has 1 heterocycles. The molecule has 2 aliphatic rings. The van der Waals surface area contributed by atoms with Crippen molar-refractivity contribution in [2.75, 3.05) is 17.2 Å². The second kappa shape index (κ2) is 5.28. The van der Waals surface area contributed by atoms with Crippen molar-refractivity contribution in [1.82, 2.24) is 0 Å². The van der Waals surface area contributed by atoms with E-state index in [0.717, 1.165) is 24.1 Å². The number of carbonyl (C=O) groups is 1. The molecule has 1 fully saturated rings. The normalized spacial score (nSPS) is 21.9. The summed E-state index contributed by atoms with van der Waals surface area (Å²) in [5.74, 6) is -2.89. The number of amides is 1. The second-order valence-electron chi connectivity index (χ2n) is 6.11. The van der Waals surface area contributed by atoms with E-state index < -0.39 is 5.92 Å². The van der Waals surface area contributed by atoms with Crippen LogP contribution in [0.15, 0.2) is 18.2 Å². The summed E-state index contributed by atoms with van der Waals surface area (Å²) in [6, 6.07) is 5.62. The summed E-state index contributed by atoms with van der Waals surface area (Å²) in [6.07, 6.45) is 2.04.